The molecule has 2 rings (SSSR count). The van der Waals surface area contributed by atoms with E-state index in [0.29, 0.717) is 48.9 Å². The van der Waals surface area contributed by atoms with Gasteiger partial charge in [0.2, 0.25) is 0 Å². The molecule has 23 heavy (non-hydrogen) atoms. The van der Waals surface area contributed by atoms with E-state index in [1.165, 1.54) is 14.2 Å². The highest BCUT2D eigenvalue weighted by atomic mass is 35.5. The minimum Gasteiger partial charge on any atom is -0.496 e. The Labute approximate surface area is 140 Å². The molecular formula is C16H21ClN2O4. The zero-order valence-corrected chi connectivity index (χ0v) is 14.4. The Hall–Kier alpha value is -1.95. The molecule has 0 N–H and O–H groups in total. The molecular weight excluding hydrogens is 320 g/mol. The van der Waals surface area contributed by atoms with Crippen LogP contribution in [0.4, 0.5) is 4.79 Å². The van der Waals surface area contributed by atoms with Crippen LogP contribution in [-0.2, 0) is 4.74 Å². The summed E-state index contributed by atoms with van der Waals surface area (Å²) in [5.41, 5.74) is 1.26. The van der Waals surface area contributed by atoms with Crippen molar-refractivity contribution in [1.29, 1.82) is 0 Å². The molecule has 0 unspecified atom stereocenters. The molecule has 1 saturated heterocycles. The van der Waals surface area contributed by atoms with E-state index < -0.39 is 0 Å². The number of carbonyl (C=O) groups is 2. The molecule has 0 aromatic heterocycles. The fourth-order valence-electron chi connectivity index (χ4n) is 2.76. The number of aryl methyl sites for hydroxylation is 1. The quantitative estimate of drug-likeness (QED) is 0.830. The summed E-state index contributed by atoms with van der Waals surface area (Å²) in [6.45, 7) is 3.88. The van der Waals surface area contributed by atoms with Crippen LogP contribution in [0.3, 0.4) is 0 Å². The Bertz CT molecular complexity index is 606. The molecule has 1 aliphatic heterocycles. The van der Waals surface area contributed by atoms with Crippen LogP contribution in [0.25, 0.3) is 0 Å². The lowest BCUT2D eigenvalue weighted by Crippen LogP contribution is -2.37. The van der Waals surface area contributed by atoms with Gasteiger partial charge in [0.1, 0.15) is 5.75 Å². The van der Waals surface area contributed by atoms with Crippen molar-refractivity contribution in [2.24, 2.45) is 0 Å². The summed E-state index contributed by atoms with van der Waals surface area (Å²) >= 11 is 6.08. The molecule has 2 amide bonds. The van der Waals surface area contributed by atoms with E-state index in [0.717, 1.165) is 5.56 Å². The van der Waals surface area contributed by atoms with Crippen molar-refractivity contribution in [1.82, 2.24) is 9.80 Å². The molecule has 6 nitrogen and oxygen atoms in total. The first-order valence-corrected chi connectivity index (χ1v) is 7.82. The van der Waals surface area contributed by atoms with Gasteiger partial charge >= 0.3 is 6.09 Å². The summed E-state index contributed by atoms with van der Waals surface area (Å²) in [6, 6.07) is 3.39. The molecule has 0 atom stereocenters. The molecule has 1 fully saturated rings. The van der Waals surface area contributed by atoms with Gasteiger partial charge in [-0.1, -0.05) is 11.6 Å². The van der Waals surface area contributed by atoms with Gasteiger partial charge in [0.25, 0.3) is 5.91 Å². The SMILES string of the molecule is COC(=O)N1CCCN(C(=O)c2cc(Cl)cc(C)c2OC)CC1. The largest absolute Gasteiger partial charge is 0.496 e. The first kappa shape index (κ1) is 17.4. The van der Waals surface area contributed by atoms with Gasteiger partial charge in [0, 0.05) is 31.2 Å². The van der Waals surface area contributed by atoms with Crippen LogP contribution < -0.4 is 4.74 Å². The number of benzene rings is 1. The van der Waals surface area contributed by atoms with E-state index in [-0.39, 0.29) is 12.0 Å². The van der Waals surface area contributed by atoms with Gasteiger partial charge in [-0.2, -0.15) is 0 Å². The third kappa shape index (κ3) is 3.88. The first-order valence-electron chi connectivity index (χ1n) is 7.44. The molecule has 1 heterocycles. The third-order valence-electron chi connectivity index (χ3n) is 3.89. The standard InChI is InChI=1S/C16H21ClN2O4/c1-11-9-12(17)10-13(14(11)22-2)15(20)18-5-4-6-19(8-7-18)16(21)23-3/h9-10H,4-8H2,1-3H3. The fourth-order valence-corrected chi connectivity index (χ4v) is 3.04. The monoisotopic (exact) mass is 340 g/mol. The van der Waals surface area contributed by atoms with Gasteiger partial charge in [0.05, 0.1) is 19.8 Å². The lowest BCUT2D eigenvalue weighted by Gasteiger charge is -2.23. The normalized spacial score (nSPS) is 15.1. The zero-order chi connectivity index (χ0) is 17.0. The highest BCUT2D eigenvalue weighted by Crippen LogP contribution is 2.29. The predicted octanol–water partition coefficient (Wildman–Crippen LogP) is 2.57. The van der Waals surface area contributed by atoms with Crippen molar-refractivity contribution in [3.63, 3.8) is 0 Å². The van der Waals surface area contributed by atoms with Crippen molar-refractivity contribution in [3.8, 4) is 5.75 Å². The fraction of sp³-hybridized carbons (Fsp3) is 0.500. The minimum atomic E-state index is -0.365. The second kappa shape index (κ2) is 7.55. The third-order valence-corrected chi connectivity index (χ3v) is 4.11. The topological polar surface area (TPSA) is 59.1 Å². The summed E-state index contributed by atoms with van der Waals surface area (Å²) in [5.74, 6) is 0.396. The van der Waals surface area contributed by atoms with E-state index in [2.05, 4.69) is 0 Å². The number of hydrogen-bond acceptors (Lipinski definition) is 4. The maximum atomic E-state index is 12.8. The van der Waals surface area contributed by atoms with E-state index in [1.54, 1.807) is 21.9 Å². The summed E-state index contributed by atoms with van der Waals surface area (Å²) in [6.07, 6.45) is 0.332. The van der Waals surface area contributed by atoms with Crippen molar-refractivity contribution in [2.75, 3.05) is 40.4 Å². The zero-order valence-electron chi connectivity index (χ0n) is 13.6. The summed E-state index contributed by atoms with van der Waals surface area (Å²) in [5, 5.41) is 0.498. The molecule has 1 aliphatic rings. The second-order valence-electron chi connectivity index (χ2n) is 5.41. The number of carbonyl (C=O) groups excluding carboxylic acids is 2. The van der Waals surface area contributed by atoms with E-state index >= 15 is 0 Å². The van der Waals surface area contributed by atoms with Crippen LogP contribution in [0.1, 0.15) is 22.3 Å². The lowest BCUT2D eigenvalue weighted by molar-refractivity contribution is 0.0753. The predicted molar refractivity (Wildman–Crippen MR) is 87.2 cm³/mol. The van der Waals surface area contributed by atoms with Crippen LogP contribution in [-0.4, -0.2) is 62.2 Å². The van der Waals surface area contributed by atoms with E-state index in [4.69, 9.17) is 21.1 Å². The minimum absolute atomic E-state index is 0.140. The Morgan fingerprint density at radius 3 is 2.39 bits per heavy atom. The van der Waals surface area contributed by atoms with E-state index in [9.17, 15) is 9.59 Å². The average molecular weight is 341 g/mol. The highest BCUT2D eigenvalue weighted by molar-refractivity contribution is 6.31. The van der Waals surface area contributed by atoms with Gasteiger partial charge in [-0.05, 0) is 31.0 Å². The van der Waals surface area contributed by atoms with Crippen LogP contribution in [0, 0.1) is 6.92 Å². The molecule has 126 valence electrons. The number of hydrogen-bond donors (Lipinski definition) is 0. The molecule has 0 saturated carbocycles. The highest BCUT2D eigenvalue weighted by Gasteiger charge is 2.25. The van der Waals surface area contributed by atoms with E-state index in [1.807, 2.05) is 6.92 Å². The van der Waals surface area contributed by atoms with Crippen molar-refractivity contribution >= 4 is 23.6 Å². The summed E-state index contributed by atoms with van der Waals surface area (Å²) < 4.78 is 10.1. The summed E-state index contributed by atoms with van der Waals surface area (Å²) in [7, 11) is 2.89. The number of nitrogens with zero attached hydrogens (tertiary/aromatic N) is 2. The molecule has 1 aromatic carbocycles. The Kier molecular flexibility index (Phi) is 5.71. The van der Waals surface area contributed by atoms with Gasteiger partial charge in [0.15, 0.2) is 0 Å². The van der Waals surface area contributed by atoms with Crippen LogP contribution in [0.2, 0.25) is 5.02 Å². The van der Waals surface area contributed by atoms with Crippen LogP contribution in [0.15, 0.2) is 12.1 Å². The van der Waals surface area contributed by atoms with Crippen molar-refractivity contribution in [3.05, 3.63) is 28.3 Å². The lowest BCUT2D eigenvalue weighted by atomic mass is 10.1. The molecule has 0 radical (unpaired) electrons. The molecule has 7 heteroatoms. The molecule has 0 bridgehead atoms. The maximum absolute atomic E-state index is 12.8. The molecule has 0 spiro atoms. The van der Waals surface area contributed by atoms with Crippen LogP contribution in [0.5, 0.6) is 5.75 Å². The number of halogens is 1. The number of methoxy groups -OCH3 is 2. The summed E-state index contributed by atoms with van der Waals surface area (Å²) in [4.78, 5) is 27.8. The van der Waals surface area contributed by atoms with Crippen LogP contribution >= 0.6 is 11.6 Å². The first-order chi connectivity index (χ1) is 11.0. The molecule has 0 aliphatic carbocycles. The van der Waals surface area contributed by atoms with Gasteiger partial charge < -0.3 is 19.3 Å². The number of rotatable bonds is 2. The van der Waals surface area contributed by atoms with Gasteiger partial charge in [-0.3, -0.25) is 4.79 Å². The van der Waals surface area contributed by atoms with Gasteiger partial charge in [-0.15, -0.1) is 0 Å². The molecule has 1 aromatic rings. The average Bonchev–Trinajstić information content (AvgIpc) is 2.78. The van der Waals surface area contributed by atoms with Gasteiger partial charge in [-0.25, -0.2) is 4.79 Å². The Balaban J connectivity index is 2.19. The van der Waals surface area contributed by atoms with Crippen molar-refractivity contribution < 1.29 is 19.1 Å². The van der Waals surface area contributed by atoms with Crippen molar-refractivity contribution in [2.45, 2.75) is 13.3 Å². The second-order valence-corrected chi connectivity index (χ2v) is 5.84. The smallest absolute Gasteiger partial charge is 0.409 e. The Morgan fingerprint density at radius 2 is 1.74 bits per heavy atom. The number of ether oxygens (including phenoxy) is 2. The maximum Gasteiger partial charge on any atom is 0.409 e. The number of amides is 2. The Morgan fingerprint density at radius 1 is 1.09 bits per heavy atom.